The molecule has 112 valence electrons. The summed E-state index contributed by atoms with van der Waals surface area (Å²) in [6, 6.07) is 13.2. The Kier molecular flexibility index (Phi) is 3.72. The number of methoxy groups -OCH3 is 1. The van der Waals surface area contributed by atoms with Crippen molar-refractivity contribution < 1.29 is 9.15 Å². The number of hydrogen-bond acceptors (Lipinski definition) is 3. The minimum atomic E-state index is -0.0167. The SMILES string of the molecule is COc1cc2occ(-c3ccccc3)c(=O)c2cc1C(C)C. The van der Waals surface area contributed by atoms with Gasteiger partial charge in [0.25, 0.3) is 0 Å². The molecule has 3 nitrogen and oxygen atoms in total. The fourth-order valence-corrected chi connectivity index (χ4v) is 2.62. The van der Waals surface area contributed by atoms with Crippen LogP contribution in [0.15, 0.2) is 57.9 Å². The fourth-order valence-electron chi connectivity index (χ4n) is 2.62. The van der Waals surface area contributed by atoms with Gasteiger partial charge in [-0.2, -0.15) is 0 Å². The average molecular weight is 294 g/mol. The van der Waals surface area contributed by atoms with Crippen molar-refractivity contribution in [2.75, 3.05) is 7.11 Å². The van der Waals surface area contributed by atoms with E-state index in [2.05, 4.69) is 13.8 Å². The molecule has 1 aromatic heterocycles. The topological polar surface area (TPSA) is 39.4 Å². The second-order valence-corrected chi connectivity index (χ2v) is 5.59. The van der Waals surface area contributed by atoms with Gasteiger partial charge in [0, 0.05) is 6.07 Å². The first kappa shape index (κ1) is 14.4. The standard InChI is InChI=1S/C19H18O3/c1-12(2)14-9-15-18(10-17(14)21-3)22-11-16(19(15)20)13-7-5-4-6-8-13/h4-12H,1-3H3. The minimum absolute atomic E-state index is 0.0167. The second kappa shape index (κ2) is 5.68. The molecule has 0 saturated carbocycles. The van der Waals surface area contributed by atoms with Crippen LogP contribution in [0, 0.1) is 0 Å². The van der Waals surface area contributed by atoms with Crippen molar-refractivity contribution in [3.05, 3.63) is 64.5 Å². The molecule has 0 atom stereocenters. The Hall–Kier alpha value is -2.55. The summed E-state index contributed by atoms with van der Waals surface area (Å²) < 4.78 is 11.1. The molecule has 0 aliphatic heterocycles. The van der Waals surface area contributed by atoms with Gasteiger partial charge in [-0.05, 0) is 23.1 Å². The van der Waals surface area contributed by atoms with Crippen molar-refractivity contribution in [3.63, 3.8) is 0 Å². The summed E-state index contributed by atoms with van der Waals surface area (Å²) >= 11 is 0. The van der Waals surface area contributed by atoms with Gasteiger partial charge >= 0.3 is 0 Å². The lowest BCUT2D eigenvalue weighted by Crippen LogP contribution is -2.06. The molecule has 0 fully saturated rings. The summed E-state index contributed by atoms with van der Waals surface area (Å²) in [7, 11) is 1.63. The predicted molar refractivity (Wildman–Crippen MR) is 88.6 cm³/mol. The lowest BCUT2D eigenvalue weighted by Gasteiger charge is -2.13. The Balaban J connectivity index is 2.29. The fraction of sp³-hybridized carbons (Fsp3) is 0.211. The molecule has 0 amide bonds. The van der Waals surface area contributed by atoms with E-state index < -0.39 is 0 Å². The van der Waals surface area contributed by atoms with Crippen LogP contribution in [0.5, 0.6) is 5.75 Å². The molecule has 0 bridgehead atoms. The molecule has 22 heavy (non-hydrogen) atoms. The van der Waals surface area contributed by atoms with Crippen LogP contribution in [0.1, 0.15) is 25.3 Å². The van der Waals surface area contributed by atoms with Gasteiger partial charge in [-0.15, -0.1) is 0 Å². The van der Waals surface area contributed by atoms with E-state index in [9.17, 15) is 4.79 Å². The first-order chi connectivity index (χ1) is 10.6. The number of ether oxygens (including phenoxy) is 1. The van der Waals surface area contributed by atoms with Crippen molar-refractivity contribution in [3.8, 4) is 16.9 Å². The largest absolute Gasteiger partial charge is 0.496 e. The molecular formula is C19H18O3. The Morgan fingerprint density at radius 2 is 1.82 bits per heavy atom. The molecule has 0 unspecified atom stereocenters. The number of benzene rings is 2. The highest BCUT2D eigenvalue weighted by molar-refractivity contribution is 5.83. The summed E-state index contributed by atoms with van der Waals surface area (Å²) in [6.45, 7) is 4.15. The Morgan fingerprint density at radius 3 is 2.45 bits per heavy atom. The summed E-state index contributed by atoms with van der Waals surface area (Å²) in [6.07, 6.45) is 1.52. The molecule has 0 saturated heterocycles. The van der Waals surface area contributed by atoms with Gasteiger partial charge in [-0.25, -0.2) is 0 Å². The molecular weight excluding hydrogens is 276 g/mol. The Labute approximate surface area is 129 Å². The van der Waals surface area contributed by atoms with Crippen LogP contribution in [0.25, 0.3) is 22.1 Å². The van der Waals surface area contributed by atoms with Crippen LogP contribution in [-0.4, -0.2) is 7.11 Å². The van der Waals surface area contributed by atoms with E-state index in [4.69, 9.17) is 9.15 Å². The van der Waals surface area contributed by atoms with E-state index in [1.807, 2.05) is 36.4 Å². The van der Waals surface area contributed by atoms with E-state index >= 15 is 0 Å². The van der Waals surface area contributed by atoms with Crippen LogP contribution in [0.3, 0.4) is 0 Å². The van der Waals surface area contributed by atoms with Crippen LogP contribution in [-0.2, 0) is 0 Å². The number of rotatable bonds is 3. The molecule has 0 N–H and O–H groups in total. The predicted octanol–water partition coefficient (Wildman–Crippen LogP) is 4.59. The molecule has 0 spiro atoms. The van der Waals surface area contributed by atoms with Crippen LogP contribution >= 0.6 is 0 Å². The van der Waals surface area contributed by atoms with Gasteiger partial charge in [0.2, 0.25) is 5.43 Å². The zero-order valence-electron chi connectivity index (χ0n) is 12.9. The first-order valence-electron chi connectivity index (χ1n) is 7.30. The van der Waals surface area contributed by atoms with Gasteiger partial charge in [0.15, 0.2) is 0 Å². The molecule has 3 aromatic rings. The summed E-state index contributed by atoms with van der Waals surface area (Å²) in [5, 5.41) is 0.589. The molecule has 2 aromatic carbocycles. The highest BCUT2D eigenvalue weighted by Crippen LogP contribution is 2.31. The van der Waals surface area contributed by atoms with Crippen LogP contribution < -0.4 is 10.2 Å². The highest BCUT2D eigenvalue weighted by Gasteiger charge is 2.14. The van der Waals surface area contributed by atoms with E-state index in [0.717, 1.165) is 16.9 Å². The molecule has 0 aliphatic rings. The Morgan fingerprint density at radius 1 is 1.09 bits per heavy atom. The van der Waals surface area contributed by atoms with Crippen molar-refractivity contribution >= 4 is 11.0 Å². The molecule has 0 aliphatic carbocycles. The maximum atomic E-state index is 12.8. The summed E-state index contributed by atoms with van der Waals surface area (Å²) in [5.74, 6) is 1.01. The number of hydrogen-bond donors (Lipinski definition) is 0. The van der Waals surface area contributed by atoms with Crippen molar-refractivity contribution in [1.82, 2.24) is 0 Å². The van der Waals surface area contributed by atoms with E-state index in [-0.39, 0.29) is 11.3 Å². The third-order valence-electron chi connectivity index (χ3n) is 3.83. The molecule has 1 heterocycles. The third-order valence-corrected chi connectivity index (χ3v) is 3.83. The third kappa shape index (κ3) is 2.39. The van der Waals surface area contributed by atoms with Crippen LogP contribution in [0.2, 0.25) is 0 Å². The zero-order valence-corrected chi connectivity index (χ0v) is 12.9. The van der Waals surface area contributed by atoms with E-state index in [1.165, 1.54) is 6.26 Å². The smallest absolute Gasteiger partial charge is 0.200 e. The maximum absolute atomic E-state index is 12.8. The van der Waals surface area contributed by atoms with E-state index in [1.54, 1.807) is 13.2 Å². The van der Waals surface area contributed by atoms with Crippen molar-refractivity contribution in [2.24, 2.45) is 0 Å². The van der Waals surface area contributed by atoms with Crippen molar-refractivity contribution in [2.45, 2.75) is 19.8 Å². The zero-order chi connectivity index (χ0) is 15.7. The van der Waals surface area contributed by atoms with Gasteiger partial charge in [0.05, 0.1) is 18.1 Å². The molecule has 0 radical (unpaired) electrons. The first-order valence-corrected chi connectivity index (χ1v) is 7.30. The minimum Gasteiger partial charge on any atom is -0.496 e. The highest BCUT2D eigenvalue weighted by atomic mass is 16.5. The molecule has 3 heteroatoms. The normalized spacial score (nSPS) is 11.1. The lowest BCUT2D eigenvalue weighted by atomic mass is 9.98. The Bertz CT molecular complexity index is 861. The van der Waals surface area contributed by atoms with E-state index in [0.29, 0.717) is 16.5 Å². The number of fused-ring (bicyclic) bond motifs is 1. The molecule has 3 rings (SSSR count). The second-order valence-electron chi connectivity index (χ2n) is 5.59. The monoisotopic (exact) mass is 294 g/mol. The van der Waals surface area contributed by atoms with Gasteiger partial charge < -0.3 is 9.15 Å². The summed E-state index contributed by atoms with van der Waals surface area (Å²) in [4.78, 5) is 12.8. The lowest BCUT2D eigenvalue weighted by molar-refractivity contribution is 0.407. The van der Waals surface area contributed by atoms with Gasteiger partial charge in [-0.3, -0.25) is 4.79 Å². The summed E-state index contributed by atoms with van der Waals surface area (Å²) in [5.41, 5.74) is 2.98. The quantitative estimate of drug-likeness (QED) is 0.709. The van der Waals surface area contributed by atoms with Crippen molar-refractivity contribution in [1.29, 1.82) is 0 Å². The maximum Gasteiger partial charge on any atom is 0.200 e. The average Bonchev–Trinajstić information content (AvgIpc) is 2.55. The van der Waals surface area contributed by atoms with Crippen LogP contribution in [0.4, 0.5) is 0 Å². The van der Waals surface area contributed by atoms with Gasteiger partial charge in [0.1, 0.15) is 17.6 Å². The van der Waals surface area contributed by atoms with Gasteiger partial charge in [-0.1, -0.05) is 44.2 Å².